The number of hydrogen-bond donors (Lipinski definition) is 2. The van der Waals surface area contributed by atoms with Crippen LogP contribution in [-0.2, 0) is 11.3 Å². The maximum absolute atomic E-state index is 11.2. The van der Waals surface area contributed by atoms with Crippen molar-refractivity contribution in [2.24, 2.45) is 17.4 Å². The van der Waals surface area contributed by atoms with Gasteiger partial charge in [0.1, 0.15) is 0 Å². The van der Waals surface area contributed by atoms with Crippen LogP contribution in [0.1, 0.15) is 24.0 Å². The summed E-state index contributed by atoms with van der Waals surface area (Å²) in [5.74, 6) is -0.134. The first-order chi connectivity index (χ1) is 8.63. The van der Waals surface area contributed by atoms with E-state index in [1.165, 1.54) is 16.8 Å². The van der Waals surface area contributed by atoms with E-state index < -0.39 is 0 Å². The van der Waals surface area contributed by atoms with E-state index >= 15 is 0 Å². The van der Waals surface area contributed by atoms with E-state index in [1.807, 2.05) is 6.07 Å². The van der Waals surface area contributed by atoms with Crippen LogP contribution in [0.25, 0.3) is 0 Å². The van der Waals surface area contributed by atoms with Gasteiger partial charge in [-0.05, 0) is 30.9 Å². The zero-order valence-electron chi connectivity index (χ0n) is 10.9. The zero-order chi connectivity index (χ0) is 13.1. The number of carbonyl (C=O) groups is 1. The van der Waals surface area contributed by atoms with Gasteiger partial charge in [-0.1, -0.05) is 18.2 Å². The van der Waals surface area contributed by atoms with Gasteiger partial charge in [0.2, 0.25) is 5.91 Å². The molecule has 18 heavy (non-hydrogen) atoms. The quantitative estimate of drug-likeness (QED) is 0.841. The highest BCUT2D eigenvalue weighted by Crippen LogP contribution is 2.29. The number of piperidine rings is 1. The number of primary amides is 1. The molecule has 1 aliphatic heterocycles. The van der Waals surface area contributed by atoms with Crippen LogP contribution in [0.2, 0.25) is 0 Å². The predicted molar refractivity (Wildman–Crippen MR) is 73.2 cm³/mol. The summed E-state index contributed by atoms with van der Waals surface area (Å²) in [6, 6.07) is 6.22. The first-order valence-corrected chi connectivity index (χ1v) is 6.46. The molecule has 1 aromatic rings. The third-order valence-corrected chi connectivity index (χ3v) is 3.75. The van der Waals surface area contributed by atoms with Gasteiger partial charge in [0, 0.05) is 31.2 Å². The third kappa shape index (κ3) is 2.48. The molecule has 2 rings (SSSR count). The summed E-state index contributed by atoms with van der Waals surface area (Å²) >= 11 is 0. The molecule has 0 aromatic heterocycles. The predicted octanol–water partition coefficient (Wildman–Crippen LogP) is 1.16. The SMILES string of the molecule is Cc1cccc(CN)c1N1CCC(C(N)=O)CC1. The van der Waals surface area contributed by atoms with Crippen LogP contribution in [-0.4, -0.2) is 19.0 Å². The van der Waals surface area contributed by atoms with Crippen molar-refractivity contribution in [3.05, 3.63) is 29.3 Å². The summed E-state index contributed by atoms with van der Waals surface area (Å²) in [6.07, 6.45) is 1.68. The molecule has 0 aliphatic carbocycles. The smallest absolute Gasteiger partial charge is 0.220 e. The van der Waals surface area contributed by atoms with Crippen molar-refractivity contribution < 1.29 is 4.79 Å². The van der Waals surface area contributed by atoms with Crippen LogP contribution in [0.3, 0.4) is 0 Å². The number of amides is 1. The minimum Gasteiger partial charge on any atom is -0.371 e. The van der Waals surface area contributed by atoms with Crippen LogP contribution in [0.5, 0.6) is 0 Å². The molecule has 4 heteroatoms. The Kier molecular flexibility index (Phi) is 3.87. The second-order valence-electron chi connectivity index (χ2n) is 4.95. The average molecular weight is 247 g/mol. The number of hydrogen-bond acceptors (Lipinski definition) is 3. The van der Waals surface area contributed by atoms with Crippen molar-refractivity contribution in [3.8, 4) is 0 Å². The third-order valence-electron chi connectivity index (χ3n) is 3.75. The molecule has 0 bridgehead atoms. The van der Waals surface area contributed by atoms with Crippen LogP contribution in [0.15, 0.2) is 18.2 Å². The highest BCUT2D eigenvalue weighted by atomic mass is 16.1. The summed E-state index contributed by atoms with van der Waals surface area (Å²) in [6.45, 7) is 4.42. The fraction of sp³-hybridized carbons (Fsp3) is 0.500. The molecule has 1 amide bonds. The zero-order valence-corrected chi connectivity index (χ0v) is 10.9. The number of aryl methyl sites for hydroxylation is 1. The molecular formula is C14H21N3O. The van der Waals surface area contributed by atoms with Gasteiger partial charge in [-0.15, -0.1) is 0 Å². The number of nitrogens with zero attached hydrogens (tertiary/aromatic N) is 1. The standard InChI is InChI=1S/C14H21N3O/c1-10-3-2-4-12(9-15)13(10)17-7-5-11(6-8-17)14(16)18/h2-4,11H,5-9,15H2,1H3,(H2,16,18). The van der Waals surface area contributed by atoms with Gasteiger partial charge in [-0.3, -0.25) is 4.79 Å². The van der Waals surface area contributed by atoms with E-state index in [0.29, 0.717) is 6.54 Å². The Balaban J connectivity index is 2.17. The van der Waals surface area contributed by atoms with Crippen molar-refractivity contribution >= 4 is 11.6 Å². The number of anilines is 1. The highest BCUT2D eigenvalue weighted by Gasteiger charge is 2.24. The number of para-hydroxylation sites is 1. The van der Waals surface area contributed by atoms with Crippen molar-refractivity contribution in [2.75, 3.05) is 18.0 Å². The van der Waals surface area contributed by atoms with E-state index in [0.717, 1.165) is 25.9 Å². The minimum absolute atomic E-state index is 0.0339. The normalized spacial score (nSPS) is 16.9. The van der Waals surface area contributed by atoms with E-state index in [-0.39, 0.29) is 11.8 Å². The molecule has 1 aliphatic rings. The minimum atomic E-state index is -0.168. The molecule has 4 N–H and O–H groups in total. The molecule has 1 saturated heterocycles. The molecule has 0 atom stereocenters. The second-order valence-corrected chi connectivity index (χ2v) is 4.95. The Morgan fingerprint density at radius 1 is 1.39 bits per heavy atom. The topological polar surface area (TPSA) is 72.3 Å². The summed E-state index contributed by atoms with van der Waals surface area (Å²) in [5.41, 5.74) is 14.8. The van der Waals surface area contributed by atoms with Gasteiger partial charge in [0.25, 0.3) is 0 Å². The Bertz CT molecular complexity index is 437. The van der Waals surface area contributed by atoms with Gasteiger partial charge < -0.3 is 16.4 Å². The van der Waals surface area contributed by atoms with Crippen LogP contribution >= 0.6 is 0 Å². The molecule has 0 radical (unpaired) electrons. The number of benzene rings is 1. The maximum Gasteiger partial charge on any atom is 0.220 e. The lowest BCUT2D eigenvalue weighted by atomic mass is 9.94. The number of rotatable bonds is 3. The summed E-state index contributed by atoms with van der Waals surface area (Å²) in [4.78, 5) is 13.5. The lowest BCUT2D eigenvalue weighted by Crippen LogP contribution is -2.39. The molecule has 0 spiro atoms. The lowest BCUT2D eigenvalue weighted by molar-refractivity contribution is -0.122. The van der Waals surface area contributed by atoms with E-state index in [9.17, 15) is 4.79 Å². The molecular weight excluding hydrogens is 226 g/mol. The second kappa shape index (κ2) is 5.40. The van der Waals surface area contributed by atoms with Crippen molar-refractivity contribution in [3.63, 3.8) is 0 Å². The first kappa shape index (κ1) is 12.9. The van der Waals surface area contributed by atoms with E-state index in [2.05, 4.69) is 24.0 Å². The highest BCUT2D eigenvalue weighted by molar-refractivity contribution is 5.77. The van der Waals surface area contributed by atoms with Gasteiger partial charge >= 0.3 is 0 Å². The molecule has 4 nitrogen and oxygen atoms in total. The average Bonchev–Trinajstić information content (AvgIpc) is 2.38. The largest absolute Gasteiger partial charge is 0.371 e. The molecule has 0 unspecified atom stereocenters. The molecule has 98 valence electrons. The van der Waals surface area contributed by atoms with Crippen LogP contribution in [0, 0.1) is 12.8 Å². The van der Waals surface area contributed by atoms with E-state index in [1.54, 1.807) is 0 Å². The summed E-state index contributed by atoms with van der Waals surface area (Å²) in [7, 11) is 0. The maximum atomic E-state index is 11.2. The van der Waals surface area contributed by atoms with Crippen molar-refractivity contribution in [2.45, 2.75) is 26.3 Å². The first-order valence-electron chi connectivity index (χ1n) is 6.46. The monoisotopic (exact) mass is 247 g/mol. The fourth-order valence-corrected chi connectivity index (χ4v) is 2.72. The van der Waals surface area contributed by atoms with Crippen molar-refractivity contribution in [1.82, 2.24) is 0 Å². The molecule has 1 heterocycles. The Labute approximate surface area is 108 Å². The Morgan fingerprint density at radius 2 is 2.06 bits per heavy atom. The van der Waals surface area contributed by atoms with Gasteiger partial charge in [-0.25, -0.2) is 0 Å². The van der Waals surface area contributed by atoms with Gasteiger partial charge in [0.15, 0.2) is 0 Å². The number of carbonyl (C=O) groups excluding carboxylic acids is 1. The summed E-state index contributed by atoms with van der Waals surface area (Å²) in [5, 5.41) is 0. The number of nitrogens with two attached hydrogens (primary N) is 2. The van der Waals surface area contributed by atoms with Crippen molar-refractivity contribution in [1.29, 1.82) is 0 Å². The van der Waals surface area contributed by atoms with Crippen LogP contribution < -0.4 is 16.4 Å². The Hall–Kier alpha value is -1.55. The molecule has 1 fully saturated rings. The molecule has 0 saturated carbocycles. The van der Waals surface area contributed by atoms with Crippen LogP contribution in [0.4, 0.5) is 5.69 Å². The van der Waals surface area contributed by atoms with Gasteiger partial charge in [0.05, 0.1) is 0 Å². The lowest BCUT2D eigenvalue weighted by Gasteiger charge is -2.34. The van der Waals surface area contributed by atoms with Gasteiger partial charge in [-0.2, -0.15) is 0 Å². The molecule has 1 aromatic carbocycles. The summed E-state index contributed by atoms with van der Waals surface area (Å²) < 4.78 is 0. The Morgan fingerprint density at radius 3 is 2.61 bits per heavy atom. The van der Waals surface area contributed by atoms with E-state index in [4.69, 9.17) is 11.5 Å². The fourth-order valence-electron chi connectivity index (χ4n) is 2.72.